The second-order valence-corrected chi connectivity index (χ2v) is 6.92. The molecule has 13 heteroatoms. The SMILES string of the molecule is FC(F)(F)c1[c-]c(-c2ccccn2)cc(C(F)(F)F)c1.O=S(=O)(O)c1ccccn1.[Ir]. The van der Waals surface area contributed by atoms with Crippen molar-refractivity contribution < 1.29 is 59.4 Å². The van der Waals surface area contributed by atoms with Gasteiger partial charge < -0.3 is 4.98 Å². The van der Waals surface area contributed by atoms with E-state index in [-0.39, 0.29) is 42.5 Å². The normalized spacial score (nSPS) is 11.7. The number of benzene rings is 1. The van der Waals surface area contributed by atoms with E-state index in [9.17, 15) is 34.8 Å². The summed E-state index contributed by atoms with van der Waals surface area (Å²) in [6.45, 7) is 0. The van der Waals surface area contributed by atoms with E-state index >= 15 is 0 Å². The summed E-state index contributed by atoms with van der Waals surface area (Å²) in [4.78, 5) is 7.14. The topological polar surface area (TPSA) is 80.2 Å². The smallest absolute Gasteiger partial charge is 0.305 e. The van der Waals surface area contributed by atoms with Gasteiger partial charge in [-0.3, -0.25) is 4.55 Å². The number of halogens is 6. The summed E-state index contributed by atoms with van der Waals surface area (Å²) in [5.74, 6) is 0. The third kappa shape index (κ3) is 8.02. The van der Waals surface area contributed by atoms with Gasteiger partial charge in [-0.2, -0.15) is 34.8 Å². The zero-order valence-corrected chi connectivity index (χ0v) is 18.2. The average Bonchev–Trinajstić information content (AvgIpc) is 2.67. The molecule has 1 N–H and O–H groups in total. The maximum Gasteiger partial charge on any atom is 0.399 e. The van der Waals surface area contributed by atoms with Crippen LogP contribution in [0.15, 0.2) is 66.0 Å². The fourth-order valence-electron chi connectivity index (χ4n) is 2.05. The first-order valence-corrected chi connectivity index (χ1v) is 9.24. The van der Waals surface area contributed by atoms with E-state index in [2.05, 4.69) is 9.97 Å². The summed E-state index contributed by atoms with van der Waals surface area (Å²) in [6, 6.07) is 11.1. The van der Waals surface area contributed by atoms with E-state index in [1.54, 1.807) is 6.07 Å². The van der Waals surface area contributed by atoms with Gasteiger partial charge in [0, 0.05) is 32.5 Å². The van der Waals surface area contributed by atoms with Crippen molar-refractivity contribution in [2.75, 3.05) is 0 Å². The van der Waals surface area contributed by atoms with Gasteiger partial charge in [-0.15, -0.1) is 23.8 Å². The van der Waals surface area contributed by atoms with Crippen LogP contribution >= 0.6 is 0 Å². The number of hydrogen-bond acceptors (Lipinski definition) is 4. The molecule has 5 nitrogen and oxygen atoms in total. The molecule has 1 radical (unpaired) electrons. The summed E-state index contributed by atoms with van der Waals surface area (Å²) in [6.07, 6.45) is -7.22. The van der Waals surface area contributed by atoms with Crippen LogP contribution < -0.4 is 0 Å². The number of nitrogens with zero attached hydrogens (tertiary/aromatic N) is 2. The molecule has 0 atom stereocenters. The molecule has 0 aliphatic heterocycles. The van der Waals surface area contributed by atoms with Gasteiger partial charge in [0.25, 0.3) is 0 Å². The fraction of sp³-hybridized carbons (Fsp3) is 0.111. The van der Waals surface area contributed by atoms with Crippen molar-refractivity contribution in [2.24, 2.45) is 0 Å². The Labute approximate surface area is 186 Å². The predicted molar refractivity (Wildman–Crippen MR) is 92.6 cm³/mol. The third-order valence-electron chi connectivity index (χ3n) is 3.34. The number of alkyl halides is 6. The second-order valence-electron chi connectivity index (χ2n) is 5.55. The fourth-order valence-corrected chi connectivity index (χ4v) is 2.49. The largest absolute Gasteiger partial charge is 0.399 e. The Balaban J connectivity index is 0.000000370. The summed E-state index contributed by atoms with van der Waals surface area (Å²) >= 11 is 0. The molecule has 169 valence electrons. The van der Waals surface area contributed by atoms with Crippen LogP contribution in [0.5, 0.6) is 0 Å². The first-order chi connectivity index (χ1) is 13.8. The molecule has 0 saturated heterocycles. The second kappa shape index (κ2) is 10.3. The van der Waals surface area contributed by atoms with Crippen molar-refractivity contribution in [3.05, 3.63) is 78.1 Å². The van der Waals surface area contributed by atoms with Gasteiger partial charge in [0.15, 0.2) is 5.03 Å². The maximum absolute atomic E-state index is 12.7. The van der Waals surface area contributed by atoms with E-state index in [0.717, 1.165) is 0 Å². The summed E-state index contributed by atoms with van der Waals surface area (Å²) in [5.41, 5.74) is -3.23. The van der Waals surface area contributed by atoms with Crippen molar-refractivity contribution in [2.45, 2.75) is 17.4 Å². The minimum absolute atomic E-state index is 0. The molecule has 2 heterocycles. The standard InChI is InChI=1S/C13H6F6N.C5H5NO3S.Ir/c14-12(15,16)9-5-8(11-3-1-2-4-20-11)6-10(7-9)13(17,18)19;7-10(8,9)5-3-1-2-4-6-5;/h1-5,7H;1-4H,(H,7,8,9);/q-1;;. The molecule has 0 fully saturated rings. The van der Waals surface area contributed by atoms with E-state index in [1.165, 1.54) is 42.7 Å². The van der Waals surface area contributed by atoms with Crippen LogP contribution in [0.25, 0.3) is 11.3 Å². The minimum Gasteiger partial charge on any atom is -0.305 e. The molecular weight excluding hydrogens is 630 g/mol. The van der Waals surface area contributed by atoms with E-state index in [0.29, 0.717) is 6.07 Å². The molecule has 31 heavy (non-hydrogen) atoms. The molecule has 0 spiro atoms. The van der Waals surface area contributed by atoms with Crippen LogP contribution in [0, 0.1) is 6.07 Å². The van der Waals surface area contributed by atoms with Crippen LogP contribution in [0.1, 0.15) is 11.1 Å². The van der Waals surface area contributed by atoms with Crippen molar-refractivity contribution >= 4 is 10.1 Å². The van der Waals surface area contributed by atoms with E-state index < -0.39 is 33.6 Å². The van der Waals surface area contributed by atoms with Crippen molar-refractivity contribution in [3.8, 4) is 11.3 Å². The molecule has 2 aromatic heterocycles. The van der Waals surface area contributed by atoms with Crippen LogP contribution in [-0.2, 0) is 42.6 Å². The number of pyridine rings is 2. The van der Waals surface area contributed by atoms with Gasteiger partial charge in [-0.1, -0.05) is 18.2 Å². The molecular formula is C18H11F6IrN2O3S-. The van der Waals surface area contributed by atoms with Gasteiger partial charge in [0.1, 0.15) is 0 Å². The van der Waals surface area contributed by atoms with Gasteiger partial charge in [-0.25, -0.2) is 4.98 Å². The van der Waals surface area contributed by atoms with Crippen molar-refractivity contribution in [1.29, 1.82) is 0 Å². The monoisotopic (exact) mass is 642 g/mol. The Morgan fingerprint density at radius 1 is 0.839 bits per heavy atom. The van der Waals surface area contributed by atoms with Crippen molar-refractivity contribution in [3.63, 3.8) is 0 Å². The van der Waals surface area contributed by atoms with Crippen molar-refractivity contribution in [1.82, 2.24) is 9.97 Å². The molecule has 3 aromatic rings. The van der Waals surface area contributed by atoms with E-state index in [1.807, 2.05) is 6.07 Å². The Kier molecular flexibility index (Phi) is 8.88. The molecule has 0 amide bonds. The molecule has 0 bridgehead atoms. The summed E-state index contributed by atoms with van der Waals surface area (Å²) in [7, 11) is -4.11. The molecule has 0 unspecified atom stereocenters. The van der Waals surface area contributed by atoms with Crippen LogP contribution in [0.4, 0.5) is 26.3 Å². The molecule has 0 aliphatic rings. The van der Waals surface area contributed by atoms with Gasteiger partial charge in [0.2, 0.25) is 0 Å². The zero-order chi connectivity index (χ0) is 22.6. The summed E-state index contributed by atoms with van der Waals surface area (Å²) < 4.78 is 105. The van der Waals surface area contributed by atoms with Crippen LogP contribution in [0.2, 0.25) is 0 Å². The molecule has 0 saturated carbocycles. The molecule has 3 rings (SSSR count). The zero-order valence-electron chi connectivity index (χ0n) is 14.9. The van der Waals surface area contributed by atoms with Gasteiger partial charge in [-0.05, 0) is 35.0 Å². The van der Waals surface area contributed by atoms with Crippen LogP contribution in [0.3, 0.4) is 0 Å². The Bertz CT molecular complexity index is 1060. The number of aromatic nitrogens is 2. The maximum atomic E-state index is 12.7. The number of hydrogen-bond donors (Lipinski definition) is 1. The molecule has 0 aliphatic carbocycles. The number of rotatable bonds is 2. The Hall–Kier alpha value is -2.34. The Morgan fingerprint density at radius 2 is 1.42 bits per heavy atom. The molecule has 1 aromatic carbocycles. The van der Waals surface area contributed by atoms with E-state index in [4.69, 9.17) is 4.55 Å². The first kappa shape index (κ1) is 26.7. The first-order valence-electron chi connectivity index (χ1n) is 7.80. The Morgan fingerprint density at radius 3 is 1.81 bits per heavy atom. The quantitative estimate of drug-likeness (QED) is 0.245. The van der Waals surface area contributed by atoms with Crippen LogP contribution in [-0.4, -0.2) is 22.9 Å². The minimum atomic E-state index is -4.91. The average molecular weight is 642 g/mol. The predicted octanol–water partition coefficient (Wildman–Crippen LogP) is 4.91. The van der Waals surface area contributed by atoms with Gasteiger partial charge in [0.05, 0.1) is 0 Å². The van der Waals surface area contributed by atoms with Gasteiger partial charge >= 0.3 is 22.5 Å². The summed E-state index contributed by atoms with van der Waals surface area (Å²) in [5, 5.41) is -0.324. The third-order valence-corrected chi connectivity index (χ3v) is 4.11.